The minimum absolute atomic E-state index is 0.0949. The number of carbonyl (C=O) groups is 1. The largest absolute Gasteiger partial charge is 0.379 e. The summed E-state index contributed by atoms with van der Waals surface area (Å²) < 4.78 is 2.58. The fourth-order valence-corrected chi connectivity index (χ4v) is 3.96. The number of nitro benzene ring substituents is 1. The van der Waals surface area contributed by atoms with E-state index in [1.165, 1.54) is 23.7 Å². The van der Waals surface area contributed by atoms with Crippen molar-refractivity contribution >= 4 is 23.0 Å². The number of anilines is 2. The highest BCUT2D eigenvalue weighted by molar-refractivity contribution is 5.97. The minimum atomic E-state index is -0.474. The number of Topliss-reactive ketones (excluding diaryl/α,β-unsaturated/α-hetero) is 1. The number of nitro groups is 1. The molecular formula is C22H30N6O5. The summed E-state index contributed by atoms with van der Waals surface area (Å²) in [6.45, 7) is 6.08. The van der Waals surface area contributed by atoms with Crippen LogP contribution in [0.15, 0.2) is 33.9 Å². The summed E-state index contributed by atoms with van der Waals surface area (Å²) in [6.07, 6.45) is 1.09. The number of aromatic nitrogens is 2. The summed E-state index contributed by atoms with van der Waals surface area (Å²) in [6, 6.07) is 6.03. The van der Waals surface area contributed by atoms with Crippen molar-refractivity contribution in [2.24, 2.45) is 14.1 Å². The maximum absolute atomic E-state index is 12.2. The molecule has 1 aromatic carbocycles. The van der Waals surface area contributed by atoms with Crippen molar-refractivity contribution in [3.05, 3.63) is 60.8 Å². The van der Waals surface area contributed by atoms with E-state index in [1.807, 2.05) is 4.90 Å². The highest BCUT2D eigenvalue weighted by atomic mass is 16.6. The third kappa shape index (κ3) is 5.48. The van der Waals surface area contributed by atoms with Crippen LogP contribution in [0.2, 0.25) is 0 Å². The van der Waals surface area contributed by atoms with Crippen molar-refractivity contribution in [2.45, 2.75) is 19.8 Å². The quantitative estimate of drug-likeness (QED) is 0.257. The molecule has 2 heterocycles. The van der Waals surface area contributed by atoms with Crippen LogP contribution in [0.25, 0.3) is 0 Å². The summed E-state index contributed by atoms with van der Waals surface area (Å²) in [4.78, 5) is 51.2. The lowest BCUT2D eigenvalue weighted by Crippen LogP contribution is -2.49. The van der Waals surface area contributed by atoms with Crippen LogP contribution in [-0.4, -0.2) is 64.0 Å². The predicted molar refractivity (Wildman–Crippen MR) is 126 cm³/mol. The molecule has 3 rings (SSSR count). The second kappa shape index (κ2) is 10.4. The van der Waals surface area contributed by atoms with Crippen molar-refractivity contribution in [1.29, 1.82) is 0 Å². The molecule has 1 aliphatic heterocycles. The van der Waals surface area contributed by atoms with E-state index in [4.69, 9.17) is 0 Å². The maximum Gasteiger partial charge on any atom is 0.332 e. The van der Waals surface area contributed by atoms with Gasteiger partial charge in [-0.15, -0.1) is 0 Å². The first kappa shape index (κ1) is 24.2. The molecule has 0 aliphatic carbocycles. The molecule has 0 amide bonds. The number of nitrogens with zero attached hydrogens (tertiary/aromatic N) is 5. The van der Waals surface area contributed by atoms with Crippen LogP contribution < -0.4 is 21.5 Å². The molecule has 1 aromatic heterocycles. The van der Waals surface area contributed by atoms with Gasteiger partial charge in [-0.2, -0.15) is 0 Å². The fourth-order valence-electron chi connectivity index (χ4n) is 3.96. The predicted octanol–water partition coefficient (Wildman–Crippen LogP) is 1.21. The molecule has 0 saturated carbocycles. The molecule has 1 N–H and O–H groups in total. The molecule has 0 spiro atoms. The first-order chi connectivity index (χ1) is 15.7. The standard InChI is InChI=1S/C22H30N6O5/c1-4-19(29)16-6-7-17(18(14-16)28(32)33)23-8-5-9-26-10-12-27(13-11-26)20-15-21(30)25(3)22(31)24(20)2/h6-7,14-15,23H,4-5,8-13H2,1-3H3. The highest BCUT2D eigenvalue weighted by Gasteiger charge is 2.20. The van der Waals surface area contributed by atoms with Crippen LogP contribution >= 0.6 is 0 Å². The molecule has 0 atom stereocenters. The molecule has 33 heavy (non-hydrogen) atoms. The Balaban J connectivity index is 1.51. The van der Waals surface area contributed by atoms with Crippen LogP contribution in [0, 0.1) is 10.1 Å². The van der Waals surface area contributed by atoms with Crippen LogP contribution in [0.4, 0.5) is 17.2 Å². The fraction of sp³-hybridized carbons (Fsp3) is 0.500. The molecule has 0 unspecified atom stereocenters. The lowest BCUT2D eigenvalue weighted by molar-refractivity contribution is -0.384. The van der Waals surface area contributed by atoms with Gasteiger partial charge in [-0.1, -0.05) is 6.92 Å². The smallest absolute Gasteiger partial charge is 0.332 e. The average Bonchev–Trinajstić information content (AvgIpc) is 2.82. The van der Waals surface area contributed by atoms with E-state index in [9.17, 15) is 24.5 Å². The number of hydrogen-bond acceptors (Lipinski definition) is 8. The summed E-state index contributed by atoms with van der Waals surface area (Å²) in [5, 5.41) is 14.5. The van der Waals surface area contributed by atoms with E-state index < -0.39 is 4.92 Å². The Labute approximate surface area is 191 Å². The van der Waals surface area contributed by atoms with Gasteiger partial charge in [0, 0.05) is 70.9 Å². The van der Waals surface area contributed by atoms with Gasteiger partial charge in [-0.3, -0.25) is 33.7 Å². The molecule has 178 valence electrons. The molecule has 0 bridgehead atoms. The van der Waals surface area contributed by atoms with E-state index in [0.717, 1.165) is 30.6 Å². The molecular weight excluding hydrogens is 428 g/mol. The van der Waals surface area contributed by atoms with Crippen molar-refractivity contribution in [1.82, 2.24) is 14.0 Å². The number of carbonyl (C=O) groups excluding carboxylic acids is 1. The molecule has 2 aromatic rings. The van der Waals surface area contributed by atoms with Gasteiger partial charge in [0.1, 0.15) is 11.5 Å². The van der Waals surface area contributed by atoms with Gasteiger partial charge in [-0.25, -0.2) is 4.79 Å². The van der Waals surface area contributed by atoms with E-state index in [1.54, 1.807) is 26.1 Å². The number of ketones is 1. The first-order valence-corrected chi connectivity index (χ1v) is 11.0. The van der Waals surface area contributed by atoms with Gasteiger partial charge in [-0.05, 0) is 25.1 Å². The molecule has 11 heteroatoms. The summed E-state index contributed by atoms with van der Waals surface area (Å²) in [5.74, 6) is 0.501. The van der Waals surface area contributed by atoms with Crippen molar-refractivity contribution in [3.63, 3.8) is 0 Å². The van der Waals surface area contributed by atoms with Gasteiger partial charge < -0.3 is 10.2 Å². The van der Waals surface area contributed by atoms with Gasteiger partial charge in [0.25, 0.3) is 11.2 Å². The Kier molecular flexibility index (Phi) is 7.64. The van der Waals surface area contributed by atoms with E-state index in [2.05, 4.69) is 10.2 Å². The third-order valence-corrected chi connectivity index (χ3v) is 6.00. The lowest BCUT2D eigenvalue weighted by atomic mass is 10.1. The Morgan fingerprint density at radius 1 is 1.09 bits per heavy atom. The lowest BCUT2D eigenvalue weighted by Gasteiger charge is -2.36. The Hall–Kier alpha value is -3.47. The third-order valence-electron chi connectivity index (χ3n) is 6.00. The monoisotopic (exact) mass is 458 g/mol. The number of benzene rings is 1. The molecule has 1 aliphatic rings. The van der Waals surface area contributed by atoms with Crippen LogP contribution in [0.1, 0.15) is 30.1 Å². The molecule has 11 nitrogen and oxygen atoms in total. The van der Waals surface area contributed by atoms with Crippen molar-refractivity contribution < 1.29 is 9.72 Å². The topological polar surface area (TPSA) is 123 Å². The van der Waals surface area contributed by atoms with Gasteiger partial charge in [0.2, 0.25) is 0 Å². The summed E-state index contributed by atoms with van der Waals surface area (Å²) in [7, 11) is 3.13. The van der Waals surface area contributed by atoms with Gasteiger partial charge in [0.05, 0.1) is 4.92 Å². The van der Waals surface area contributed by atoms with Crippen LogP contribution in [-0.2, 0) is 14.1 Å². The zero-order chi connectivity index (χ0) is 24.1. The maximum atomic E-state index is 12.2. The van der Waals surface area contributed by atoms with E-state index >= 15 is 0 Å². The second-order valence-electron chi connectivity index (χ2n) is 8.12. The average molecular weight is 459 g/mol. The van der Waals surface area contributed by atoms with Crippen LogP contribution in [0.5, 0.6) is 0 Å². The number of hydrogen-bond donors (Lipinski definition) is 1. The number of rotatable bonds is 9. The summed E-state index contributed by atoms with van der Waals surface area (Å²) >= 11 is 0. The zero-order valence-electron chi connectivity index (χ0n) is 19.2. The van der Waals surface area contributed by atoms with E-state index in [0.29, 0.717) is 43.1 Å². The van der Waals surface area contributed by atoms with Gasteiger partial charge in [0.15, 0.2) is 5.78 Å². The Bertz CT molecular complexity index is 1150. The SMILES string of the molecule is CCC(=O)c1ccc(NCCCN2CCN(c3cc(=O)n(C)c(=O)n3C)CC2)c([N+](=O)[O-])c1. The number of nitrogens with one attached hydrogen (secondary N) is 1. The summed E-state index contributed by atoms with van der Waals surface area (Å²) in [5.41, 5.74) is 0.00273. The number of piperazine rings is 1. The molecule has 0 radical (unpaired) electrons. The van der Waals surface area contributed by atoms with Gasteiger partial charge >= 0.3 is 5.69 Å². The molecule has 1 saturated heterocycles. The zero-order valence-corrected chi connectivity index (χ0v) is 19.2. The first-order valence-electron chi connectivity index (χ1n) is 11.0. The Morgan fingerprint density at radius 3 is 2.42 bits per heavy atom. The highest BCUT2D eigenvalue weighted by Crippen LogP contribution is 2.26. The second-order valence-corrected chi connectivity index (χ2v) is 8.12. The normalized spacial score (nSPS) is 14.3. The van der Waals surface area contributed by atoms with Crippen LogP contribution in [0.3, 0.4) is 0 Å². The minimum Gasteiger partial charge on any atom is -0.379 e. The van der Waals surface area contributed by atoms with Crippen molar-refractivity contribution in [2.75, 3.05) is 49.5 Å². The van der Waals surface area contributed by atoms with Crippen molar-refractivity contribution in [3.8, 4) is 0 Å². The molecule has 1 fully saturated rings. The Morgan fingerprint density at radius 2 is 1.79 bits per heavy atom. The van der Waals surface area contributed by atoms with E-state index in [-0.39, 0.29) is 22.7 Å².